The van der Waals surface area contributed by atoms with E-state index < -0.39 is 0 Å². The molecule has 0 amide bonds. The van der Waals surface area contributed by atoms with Gasteiger partial charge in [-0.05, 0) is 53.5 Å². The maximum Gasteiger partial charge on any atom is 0.204 e. The Morgan fingerprint density at radius 2 is 1.70 bits per heavy atom. The van der Waals surface area contributed by atoms with E-state index in [1.807, 2.05) is 6.07 Å². The third kappa shape index (κ3) is 6.23. The van der Waals surface area contributed by atoms with E-state index in [2.05, 4.69) is 79.9 Å². The van der Waals surface area contributed by atoms with E-state index >= 15 is 0 Å². The summed E-state index contributed by atoms with van der Waals surface area (Å²) in [5, 5.41) is 2.09. The van der Waals surface area contributed by atoms with Gasteiger partial charge in [0, 0.05) is 11.3 Å². The van der Waals surface area contributed by atoms with Crippen molar-refractivity contribution in [3.63, 3.8) is 0 Å². The van der Waals surface area contributed by atoms with Gasteiger partial charge in [-0.3, -0.25) is 0 Å². The van der Waals surface area contributed by atoms with Gasteiger partial charge < -0.3 is 9.47 Å². The minimum atomic E-state index is -0.276. The van der Waals surface area contributed by atoms with Gasteiger partial charge in [0.2, 0.25) is 6.29 Å². The lowest BCUT2D eigenvalue weighted by atomic mass is 9.99. The molecule has 2 unspecified atom stereocenters. The van der Waals surface area contributed by atoms with E-state index in [0.717, 1.165) is 25.0 Å². The van der Waals surface area contributed by atoms with Crippen molar-refractivity contribution in [2.75, 3.05) is 6.61 Å². The molecule has 0 saturated heterocycles. The van der Waals surface area contributed by atoms with Crippen LogP contribution in [0.25, 0.3) is 0 Å². The second kappa shape index (κ2) is 10.3. The van der Waals surface area contributed by atoms with Gasteiger partial charge in [-0.15, -0.1) is 11.3 Å². The molecular formula is C24H28O2S. The van der Waals surface area contributed by atoms with Gasteiger partial charge in [0.25, 0.3) is 0 Å². The highest BCUT2D eigenvalue weighted by Gasteiger charge is 2.14. The first-order valence-electron chi connectivity index (χ1n) is 9.69. The molecule has 0 aliphatic heterocycles. The first-order valence-corrected chi connectivity index (χ1v) is 10.6. The summed E-state index contributed by atoms with van der Waals surface area (Å²) in [4.78, 5) is 1.27. The number of ether oxygens (including phenoxy) is 2. The van der Waals surface area contributed by atoms with Crippen molar-refractivity contribution in [3.05, 3.63) is 88.1 Å². The van der Waals surface area contributed by atoms with Crippen LogP contribution in [0.15, 0.2) is 72.1 Å². The van der Waals surface area contributed by atoms with Gasteiger partial charge in [-0.25, -0.2) is 0 Å². The maximum absolute atomic E-state index is 6.18. The largest absolute Gasteiger partial charge is 0.465 e. The lowest BCUT2D eigenvalue weighted by Crippen LogP contribution is -2.24. The summed E-state index contributed by atoms with van der Waals surface area (Å²) in [6, 6.07) is 23.1. The van der Waals surface area contributed by atoms with Crippen LogP contribution in [-0.4, -0.2) is 12.9 Å². The summed E-state index contributed by atoms with van der Waals surface area (Å²) >= 11 is 1.74. The molecule has 0 radical (unpaired) electrons. The maximum atomic E-state index is 6.18. The van der Waals surface area contributed by atoms with E-state index in [1.165, 1.54) is 16.0 Å². The summed E-state index contributed by atoms with van der Waals surface area (Å²) in [5.41, 5.74) is 2.63. The molecule has 3 heteroatoms. The van der Waals surface area contributed by atoms with Gasteiger partial charge >= 0.3 is 0 Å². The van der Waals surface area contributed by atoms with E-state index in [1.54, 1.807) is 11.3 Å². The minimum absolute atomic E-state index is 0.276. The van der Waals surface area contributed by atoms with Crippen LogP contribution in [0.5, 0.6) is 5.75 Å². The predicted molar refractivity (Wildman–Crippen MR) is 114 cm³/mol. The van der Waals surface area contributed by atoms with Crippen molar-refractivity contribution in [2.45, 2.75) is 45.3 Å². The summed E-state index contributed by atoms with van der Waals surface area (Å²) in [6.07, 6.45) is 2.52. The van der Waals surface area contributed by atoms with Crippen LogP contribution in [-0.2, 0) is 17.6 Å². The number of thiophene rings is 1. The van der Waals surface area contributed by atoms with Crippen molar-refractivity contribution >= 4 is 11.3 Å². The van der Waals surface area contributed by atoms with E-state index in [-0.39, 0.29) is 6.29 Å². The van der Waals surface area contributed by atoms with Crippen LogP contribution in [0.2, 0.25) is 0 Å². The van der Waals surface area contributed by atoms with Gasteiger partial charge in [0.1, 0.15) is 5.75 Å². The predicted octanol–water partition coefficient (Wildman–Crippen LogP) is 6.47. The molecule has 3 aromatic rings. The lowest BCUT2D eigenvalue weighted by molar-refractivity contribution is -0.0774. The fourth-order valence-corrected chi connectivity index (χ4v) is 3.66. The zero-order valence-corrected chi connectivity index (χ0v) is 17.0. The van der Waals surface area contributed by atoms with Crippen molar-refractivity contribution in [1.82, 2.24) is 0 Å². The lowest BCUT2D eigenvalue weighted by Gasteiger charge is -2.20. The Morgan fingerprint density at radius 1 is 0.926 bits per heavy atom. The van der Waals surface area contributed by atoms with Crippen molar-refractivity contribution < 1.29 is 9.47 Å². The molecule has 3 rings (SSSR count). The molecule has 0 aliphatic rings. The molecule has 0 fully saturated rings. The highest BCUT2D eigenvalue weighted by molar-refractivity contribution is 7.09. The second-order valence-corrected chi connectivity index (χ2v) is 7.85. The normalized spacial score (nSPS) is 13.3. The first-order chi connectivity index (χ1) is 13.2. The standard InChI is InChI=1S/C24H28O2S/c1-3-19(2)21-11-13-22(14-12-21)26-24(18-23-10-7-17-27-23)25-16-15-20-8-5-4-6-9-20/h4-14,17,19,24H,3,15-16,18H2,1-2H3. The summed E-state index contributed by atoms with van der Waals surface area (Å²) in [5.74, 6) is 1.44. The van der Waals surface area contributed by atoms with Crippen LogP contribution >= 0.6 is 11.3 Å². The van der Waals surface area contributed by atoms with Crippen LogP contribution in [0.4, 0.5) is 0 Å². The molecule has 27 heavy (non-hydrogen) atoms. The zero-order chi connectivity index (χ0) is 18.9. The molecule has 1 heterocycles. The third-order valence-corrected chi connectivity index (χ3v) is 5.71. The number of hydrogen-bond donors (Lipinski definition) is 0. The monoisotopic (exact) mass is 380 g/mol. The summed E-state index contributed by atoms with van der Waals surface area (Å²) in [7, 11) is 0. The van der Waals surface area contributed by atoms with Gasteiger partial charge in [-0.1, -0.05) is 62.4 Å². The molecule has 0 spiro atoms. The molecule has 0 aliphatic carbocycles. The van der Waals surface area contributed by atoms with Crippen molar-refractivity contribution in [3.8, 4) is 5.75 Å². The summed E-state index contributed by atoms with van der Waals surface area (Å²) in [6.45, 7) is 5.11. The van der Waals surface area contributed by atoms with Crippen LogP contribution < -0.4 is 4.74 Å². The number of hydrogen-bond acceptors (Lipinski definition) is 3. The Morgan fingerprint density at radius 3 is 2.37 bits per heavy atom. The number of rotatable bonds is 10. The van der Waals surface area contributed by atoms with Gasteiger partial charge in [-0.2, -0.15) is 0 Å². The molecule has 0 bridgehead atoms. The molecule has 2 aromatic carbocycles. The van der Waals surface area contributed by atoms with Gasteiger partial charge in [0.15, 0.2) is 0 Å². The second-order valence-electron chi connectivity index (χ2n) is 6.82. The third-order valence-electron chi connectivity index (χ3n) is 4.81. The molecule has 142 valence electrons. The average Bonchev–Trinajstić information content (AvgIpc) is 3.22. The van der Waals surface area contributed by atoms with Crippen LogP contribution in [0, 0.1) is 0 Å². The Balaban J connectivity index is 1.60. The van der Waals surface area contributed by atoms with Crippen molar-refractivity contribution in [2.24, 2.45) is 0 Å². The molecule has 0 N–H and O–H groups in total. The Labute approximate surface area is 166 Å². The molecule has 0 saturated carbocycles. The quantitative estimate of drug-likeness (QED) is 0.375. The molecule has 2 nitrogen and oxygen atoms in total. The van der Waals surface area contributed by atoms with E-state index in [0.29, 0.717) is 12.5 Å². The SMILES string of the molecule is CCC(C)c1ccc(OC(Cc2cccs2)OCCc2ccccc2)cc1. The minimum Gasteiger partial charge on any atom is -0.465 e. The number of benzene rings is 2. The fraction of sp³-hybridized carbons (Fsp3) is 0.333. The van der Waals surface area contributed by atoms with E-state index in [9.17, 15) is 0 Å². The van der Waals surface area contributed by atoms with E-state index in [4.69, 9.17) is 9.47 Å². The zero-order valence-electron chi connectivity index (χ0n) is 16.1. The smallest absolute Gasteiger partial charge is 0.204 e. The highest BCUT2D eigenvalue weighted by atomic mass is 32.1. The molecule has 2 atom stereocenters. The summed E-state index contributed by atoms with van der Waals surface area (Å²) < 4.78 is 12.3. The Kier molecular flexibility index (Phi) is 7.49. The first kappa shape index (κ1) is 19.7. The topological polar surface area (TPSA) is 18.5 Å². The Bertz CT molecular complexity index is 766. The van der Waals surface area contributed by atoms with Crippen LogP contribution in [0.1, 0.15) is 42.2 Å². The van der Waals surface area contributed by atoms with Crippen molar-refractivity contribution in [1.29, 1.82) is 0 Å². The van der Waals surface area contributed by atoms with Gasteiger partial charge in [0.05, 0.1) is 6.61 Å². The highest BCUT2D eigenvalue weighted by Crippen LogP contribution is 2.23. The molecular weight excluding hydrogens is 352 g/mol. The average molecular weight is 381 g/mol. The fourth-order valence-electron chi connectivity index (χ4n) is 2.94. The Hall–Kier alpha value is -2.10. The van der Waals surface area contributed by atoms with Crippen LogP contribution in [0.3, 0.4) is 0 Å². The molecule has 1 aromatic heterocycles.